The fourth-order valence-electron chi connectivity index (χ4n) is 1.98. The number of fused-ring (bicyclic) bond motifs is 1. The molecule has 1 aromatic carbocycles. The molecule has 0 fully saturated rings. The smallest absolute Gasteiger partial charge is 0.259 e. The third kappa shape index (κ3) is 1.62. The summed E-state index contributed by atoms with van der Waals surface area (Å²) in [6.45, 7) is 3.32. The van der Waals surface area contributed by atoms with E-state index in [0.29, 0.717) is 0 Å². The van der Waals surface area contributed by atoms with E-state index in [4.69, 9.17) is 0 Å². The van der Waals surface area contributed by atoms with Gasteiger partial charge in [0.2, 0.25) is 5.75 Å². The second kappa shape index (κ2) is 3.98. The van der Waals surface area contributed by atoms with Gasteiger partial charge in [0.15, 0.2) is 17.2 Å². The van der Waals surface area contributed by atoms with Crippen molar-refractivity contribution in [2.45, 2.75) is 19.8 Å². The van der Waals surface area contributed by atoms with Crippen molar-refractivity contribution in [3.63, 3.8) is 0 Å². The maximum absolute atomic E-state index is 10.1. The van der Waals surface area contributed by atoms with E-state index < -0.39 is 40.1 Å². The minimum atomic E-state index is -0.920. The molecule has 2 rings (SSSR count). The second-order valence-electron chi connectivity index (χ2n) is 4.47. The molecule has 0 atom stereocenters. The Bertz CT molecular complexity index is 680. The summed E-state index contributed by atoms with van der Waals surface area (Å²) in [6.07, 6.45) is 0. The summed E-state index contributed by atoms with van der Waals surface area (Å²) in [7, 11) is 0. The van der Waals surface area contributed by atoms with Crippen molar-refractivity contribution in [2.75, 3.05) is 0 Å². The van der Waals surface area contributed by atoms with Crippen LogP contribution < -0.4 is 0 Å². The van der Waals surface area contributed by atoms with Gasteiger partial charge in [-0.15, -0.1) is 0 Å². The molecule has 0 radical (unpaired) electrons. The van der Waals surface area contributed by atoms with Gasteiger partial charge in [0, 0.05) is 5.56 Å². The number of aromatic hydroxyl groups is 6. The zero-order valence-electron chi connectivity index (χ0n) is 10.2. The zero-order chi connectivity index (χ0) is 14.5. The molecule has 102 valence electrons. The molecule has 0 unspecified atom stereocenters. The number of hydrogen-bond donors (Lipinski definition) is 6. The van der Waals surface area contributed by atoms with Crippen LogP contribution in [0.2, 0.25) is 0 Å². The van der Waals surface area contributed by atoms with E-state index in [0.717, 1.165) is 0 Å². The number of nitrogens with zero attached hydrogens (tertiary/aromatic N) is 1. The molecule has 0 aliphatic rings. The first kappa shape index (κ1) is 12.9. The fraction of sp³-hybridized carbons (Fsp3) is 0.250. The molecular weight excluding hydrogens is 254 g/mol. The van der Waals surface area contributed by atoms with E-state index in [2.05, 4.69) is 4.98 Å². The van der Waals surface area contributed by atoms with Crippen LogP contribution >= 0.6 is 0 Å². The van der Waals surface area contributed by atoms with E-state index in [9.17, 15) is 30.6 Å². The maximum atomic E-state index is 10.1. The highest BCUT2D eigenvalue weighted by atomic mass is 16.3. The van der Waals surface area contributed by atoms with E-state index in [1.807, 2.05) is 0 Å². The summed E-state index contributed by atoms with van der Waals surface area (Å²) in [4.78, 5) is 3.43. The lowest BCUT2D eigenvalue weighted by atomic mass is 9.97. The molecule has 2 aromatic rings. The van der Waals surface area contributed by atoms with Crippen molar-refractivity contribution in [1.82, 2.24) is 4.98 Å². The summed E-state index contributed by atoms with van der Waals surface area (Å²) in [5.74, 6) is -4.80. The quantitative estimate of drug-likeness (QED) is 0.341. The van der Waals surface area contributed by atoms with Gasteiger partial charge in [-0.1, -0.05) is 13.8 Å². The zero-order valence-corrected chi connectivity index (χ0v) is 10.2. The molecule has 6 N–H and O–H groups in total. The van der Waals surface area contributed by atoms with Gasteiger partial charge in [-0.05, 0) is 5.92 Å². The highest BCUT2D eigenvalue weighted by Gasteiger charge is 2.26. The van der Waals surface area contributed by atoms with Gasteiger partial charge in [-0.25, -0.2) is 4.98 Å². The van der Waals surface area contributed by atoms with Crippen LogP contribution in [0.3, 0.4) is 0 Å². The van der Waals surface area contributed by atoms with Gasteiger partial charge < -0.3 is 30.6 Å². The van der Waals surface area contributed by atoms with Gasteiger partial charge in [-0.3, -0.25) is 0 Å². The van der Waals surface area contributed by atoms with Crippen LogP contribution in [0.15, 0.2) is 0 Å². The number of aromatic nitrogens is 1. The molecule has 0 spiro atoms. The van der Waals surface area contributed by atoms with Crippen molar-refractivity contribution in [2.24, 2.45) is 0 Å². The van der Waals surface area contributed by atoms with Gasteiger partial charge in [0.25, 0.3) is 5.88 Å². The van der Waals surface area contributed by atoms with Crippen LogP contribution in [0, 0.1) is 0 Å². The van der Waals surface area contributed by atoms with Crippen LogP contribution in [-0.2, 0) is 0 Å². The minimum absolute atomic E-state index is 0.00666. The van der Waals surface area contributed by atoms with Crippen molar-refractivity contribution in [3.05, 3.63) is 5.56 Å². The van der Waals surface area contributed by atoms with Crippen molar-refractivity contribution in [3.8, 4) is 34.6 Å². The third-order valence-corrected chi connectivity index (χ3v) is 2.90. The molecule has 0 aliphatic heterocycles. The summed E-state index contributed by atoms with van der Waals surface area (Å²) in [5, 5.41) is 57.8. The number of phenolic OH excluding ortho intramolecular Hbond substituents is 3. The van der Waals surface area contributed by atoms with E-state index >= 15 is 0 Å². The predicted octanol–water partition coefficient (Wildman–Crippen LogP) is 1.59. The molecule has 0 amide bonds. The highest BCUT2D eigenvalue weighted by molar-refractivity contribution is 6.00. The topological polar surface area (TPSA) is 134 Å². The van der Waals surface area contributed by atoms with Crippen LogP contribution in [0.5, 0.6) is 34.6 Å². The Hall–Kier alpha value is -2.57. The number of hydrogen-bond acceptors (Lipinski definition) is 7. The maximum Gasteiger partial charge on any atom is 0.259 e. The number of phenols is 3. The van der Waals surface area contributed by atoms with E-state index in [1.165, 1.54) is 0 Å². The number of rotatable bonds is 1. The third-order valence-electron chi connectivity index (χ3n) is 2.90. The molecule has 0 bridgehead atoms. The van der Waals surface area contributed by atoms with Gasteiger partial charge in [0.05, 0.1) is 5.39 Å². The molecule has 0 saturated heterocycles. The van der Waals surface area contributed by atoms with Gasteiger partial charge in [-0.2, -0.15) is 0 Å². The lowest BCUT2D eigenvalue weighted by Gasteiger charge is -2.16. The standard InChI is InChI=1S/C12H13NO6/c1-3(2)4-7(14)5-6(10(17)8(4)15)13-12(19)11(18)9(5)16/h3,14-15,17-18H,1-2H3,(H2,13,16,19). The summed E-state index contributed by atoms with van der Waals surface area (Å²) in [5.41, 5.74) is -0.403. The molecule has 0 saturated carbocycles. The molecule has 1 aromatic heterocycles. The normalized spacial score (nSPS) is 11.3. The molecule has 0 aliphatic carbocycles. The average molecular weight is 267 g/mol. The summed E-state index contributed by atoms with van der Waals surface area (Å²) >= 11 is 0. The highest BCUT2D eigenvalue weighted by Crippen LogP contribution is 2.52. The van der Waals surface area contributed by atoms with Crippen LogP contribution in [0.1, 0.15) is 25.3 Å². The SMILES string of the molecule is CC(C)c1c(O)c(O)c2nc(O)c(O)c(O)c2c1O. The number of benzene rings is 1. The Morgan fingerprint density at radius 2 is 1.32 bits per heavy atom. The summed E-state index contributed by atoms with van der Waals surface area (Å²) < 4.78 is 0. The minimum Gasteiger partial charge on any atom is -0.507 e. The largest absolute Gasteiger partial charge is 0.507 e. The van der Waals surface area contributed by atoms with Crippen LogP contribution in [-0.4, -0.2) is 35.6 Å². The Balaban J connectivity index is 3.08. The second-order valence-corrected chi connectivity index (χ2v) is 4.47. The van der Waals surface area contributed by atoms with Crippen molar-refractivity contribution >= 4 is 10.9 Å². The first-order chi connectivity index (χ1) is 8.77. The predicted molar refractivity (Wildman–Crippen MR) is 65.8 cm³/mol. The van der Waals surface area contributed by atoms with Crippen LogP contribution in [0.25, 0.3) is 10.9 Å². The Labute approximate surface area is 107 Å². The first-order valence-corrected chi connectivity index (χ1v) is 5.48. The van der Waals surface area contributed by atoms with E-state index in [1.54, 1.807) is 13.8 Å². The Kier molecular flexibility index (Phi) is 2.69. The molecular formula is C12H13NO6. The molecule has 19 heavy (non-hydrogen) atoms. The lowest BCUT2D eigenvalue weighted by Crippen LogP contribution is -1.93. The first-order valence-electron chi connectivity index (χ1n) is 5.48. The van der Waals surface area contributed by atoms with Crippen molar-refractivity contribution in [1.29, 1.82) is 0 Å². The number of pyridine rings is 1. The van der Waals surface area contributed by atoms with Crippen molar-refractivity contribution < 1.29 is 30.6 Å². The average Bonchev–Trinajstić information content (AvgIpc) is 2.32. The van der Waals surface area contributed by atoms with E-state index in [-0.39, 0.29) is 16.9 Å². The lowest BCUT2D eigenvalue weighted by molar-refractivity contribution is 0.357. The van der Waals surface area contributed by atoms with Crippen LogP contribution in [0.4, 0.5) is 0 Å². The molecule has 1 heterocycles. The monoisotopic (exact) mass is 267 g/mol. The molecule has 7 heteroatoms. The fourth-order valence-corrected chi connectivity index (χ4v) is 1.98. The summed E-state index contributed by atoms with van der Waals surface area (Å²) in [6, 6.07) is 0. The Morgan fingerprint density at radius 1 is 0.737 bits per heavy atom. The van der Waals surface area contributed by atoms with Gasteiger partial charge >= 0.3 is 0 Å². The Morgan fingerprint density at radius 3 is 1.84 bits per heavy atom. The molecule has 7 nitrogen and oxygen atoms in total. The van der Waals surface area contributed by atoms with Gasteiger partial charge in [0.1, 0.15) is 11.3 Å².